The van der Waals surface area contributed by atoms with Crippen molar-refractivity contribution >= 4 is 22.6 Å². The van der Waals surface area contributed by atoms with Gasteiger partial charge >= 0.3 is 6.03 Å². The minimum absolute atomic E-state index is 0.278. The molecule has 1 aromatic carbocycles. The third-order valence-electron chi connectivity index (χ3n) is 2.04. The molecule has 0 aromatic heterocycles. The van der Waals surface area contributed by atoms with Gasteiger partial charge in [0.1, 0.15) is 0 Å². The van der Waals surface area contributed by atoms with Gasteiger partial charge in [0, 0.05) is 5.69 Å². The van der Waals surface area contributed by atoms with Crippen molar-refractivity contribution in [3.05, 3.63) is 47.2 Å². The van der Waals surface area contributed by atoms with E-state index in [1.54, 1.807) is 0 Å². The Balaban J connectivity index is 2.13. The van der Waals surface area contributed by atoms with E-state index in [1.165, 1.54) is 4.90 Å². The SMILES string of the molecule is NC(=O)Nc1ccc([SH]2C=CC=C2)cc1. The standard InChI is InChI=1S/C11H12N2OS/c12-11(14)13-9-3-5-10(6-4-9)15-7-1-2-8-15/h1-8,15H,(H3,12,13,14). The minimum atomic E-state index is -0.533. The van der Waals surface area contributed by atoms with Gasteiger partial charge in [-0.3, -0.25) is 0 Å². The van der Waals surface area contributed by atoms with Crippen molar-refractivity contribution in [1.29, 1.82) is 0 Å². The molecule has 0 bridgehead atoms. The van der Waals surface area contributed by atoms with E-state index in [4.69, 9.17) is 5.73 Å². The van der Waals surface area contributed by atoms with E-state index in [0.717, 1.165) is 5.69 Å². The summed E-state index contributed by atoms with van der Waals surface area (Å²) < 4.78 is 0. The molecule has 1 heterocycles. The Morgan fingerprint density at radius 2 is 1.73 bits per heavy atom. The highest BCUT2D eigenvalue weighted by molar-refractivity contribution is 8.22. The number of nitrogens with two attached hydrogens (primary N) is 1. The summed E-state index contributed by atoms with van der Waals surface area (Å²) in [7, 11) is -0.278. The highest BCUT2D eigenvalue weighted by Crippen LogP contribution is 2.41. The molecule has 1 aliphatic heterocycles. The van der Waals surface area contributed by atoms with Gasteiger partial charge in [-0.2, -0.15) is 10.9 Å². The summed E-state index contributed by atoms with van der Waals surface area (Å²) in [6.45, 7) is 0. The molecule has 2 amide bonds. The number of thiol groups is 1. The number of benzene rings is 1. The van der Waals surface area contributed by atoms with E-state index >= 15 is 0 Å². The first kappa shape index (κ1) is 9.86. The highest BCUT2D eigenvalue weighted by atomic mass is 32.2. The number of urea groups is 1. The van der Waals surface area contributed by atoms with Crippen LogP contribution in [0.25, 0.3) is 0 Å². The van der Waals surface area contributed by atoms with Gasteiger partial charge in [-0.05, 0) is 40.0 Å². The van der Waals surface area contributed by atoms with Gasteiger partial charge in [0.15, 0.2) is 0 Å². The van der Waals surface area contributed by atoms with E-state index in [2.05, 4.69) is 28.3 Å². The van der Waals surface area contributed by atoms with Crippen LogP contribution in [0.1, 0.15) is 0 Å². The number of anilines is 1. The van der Waals surface area contributed by atoms with E-state index in [-0.39, 0.29) is 10.9 Å². The molecule has 0 saturated heterocycles. The van der Waals surface area contributed by atoms with Crippen LogP contribution >= 0.6 is 10.9 Å². The normalized spacial score (nSPS) is 15.6. The number of hydrogen-bond acceptors (Lipinski definition) is 1. The summed E-state index contributed by atoms with van der Waals surface area (Å²) >= 11 is 0. The van der Waals surface area contributed by atoms with Crippen LogP contribution < -0.4 is 11.1 Å². The average Bonchev–Trinajstić information content (AvgIpc) is 2.71. The van der Waals surface area contributed by atoms with Gasteiger partial charge in [0.2, 0.25) is 0 Å². The maximum Gasteiger partial charge on any atom is 0.316 e. The zero-order valence-electron chi connectivity index (χ0n) is 8.05. The molecule has 0 radical (unpaired) electrons. The average molecular weight is 220 g/mol. The lowest BCUT2D eigenvalue weighted by Gasteiger charge is -2.10. The summed E-state index contributed by atoms with van der Waals surface area (Å²) in [6.07, 6.45) is 4.11. The van der Waals surface area contributed by atoms with Crippen molar-refractivity contribution in [3.63, 3.8) is 0 Å². The van der Waals surface area contributed by atoms with Crippen molar-refractivity contribution in [2.75, 3.05) is 5.32 Å². The molecule has 4 heteroatoms. The fourth-order valence-corrected chi connectivity index (χ4v) is 2.87. The predicted molar refractivity (Wildman–Crippen MR) is 65.2 cm³/mol. The van der Waals surface area contributed by atoms with E-state index in [9.17, 15) is 4.79 Å². The number of carbonyl (C=O) groups excluding carboxylic acids is 1. The van der Waals surface area contributed by atoms with Gasteiger partial charge in [-0.25, -0.2) is 4.79 Å². The van der Waals surface area contributed by atoms with Crippen molar-refractivity contribution in [2.24, 2.45) is 5.73 Å². The predicted octanol–water partition coefficient (Wildman–Crippen LogP) is 2.58. The molecule has 1 aliphatic rings. The molecule has 0 fully saturated rings. The minimum Gasteiger partial charge on any atom is -0.351 e. The first-order valence-electron chi connectivity index (χ1n) is 4.55. The summed E-state index contributed by atoms with van der Waals surface area (Å²) in [6, 6.07) is 7.22. The molecule has 15 heavy (non-hydrogen) atoms. The lowest BCUT2D eigenvalue weighted by Crippen LogP contribution is -2.19. The first-order valence-corrected chi connectivity index (χ1v) is 6.03. The molecule has 0 atom stereocenters. The molecule has 78 valence electrons. The van der Waals surface area contributed by atoms with Gasteiger partial charge in [0.05, 0.1) is 0 Å². The molecule has 1 aromatic rings. The lowest BCUT2D eigenvalue weighted by atomic mass is 10.3. The highest BCUT2D eigenvalue weighted by Gasteiger charge is 2.02. The quantitative estimate of drug-likeness (QED) is 0.659. The molecule has 0 saturated carbocycles. The van der Waals surface area contributed by atoms with E-state index < -0.39 is 6.03 Å². The number of allylic oxidation sites excluding steroid dienone is 2. The van der Waals surface area contributed by atoms with Crippen molar-refractivity contribution in [2.45, 2.75) is 4.90 Å². The molecular formula is C11H12N2OS. The second-order valence-corrected chi connectivity index (χ2v) is 5.05. The monoisotopic (exact) mass is 220 g/mol. The number of hydrogen-bond donors (Lipinski definition) is 3. The first-order chi connectivity index (χ1) is 7.25. The van der Waals surface area contributed by atoms with Crippen molar-refractivity contribution < 1.29 is 4.79 Å². The second-order valence-electron chi connectivity index (χ2n) is 3.13. The van der Waals surface area contributed by atoms with Crippen LogP contribution in [0.4, 0.5) is 10.5 Å². The topological polar surface area (TPSA) is 55.1 Å². The van der Waals surface area contributed by atoms with Gasteiger partial charge in [-0.15, -0.1) is 0 Å². The van der Waals surface area contributed by atoms with Crippen LogP contribution in [0.15, 0.2) is 52.1 Å². The van der Waals surface area contributed by atoms with Crippen LogP contribution in [0.2, 0.25) is 0 Å². The molecular weight excluding hydrogens is 208 g/mol. The number of rotatable bonds is 2. The zero-order chi connectivity index (χ0) is 10.7. The Kier molecular flexibility index (Phi) is 2.78. The fourth-order valence-electron chi connectivity index (χ4n) is 1.37. The summed E-state index contributed by atoms with van der Waals surface area (Å²) in [5.41, 5.74) is 5.75. The van der Waals surface area contributed by atoms with Crippen LogP contribution in [-0.2, 0) is 0 Å². The third-order valence-corrected chi connectivity index (χ3v) is 3.92. The van der Waals surface area contributed by atoms with Gasteiger partial charge in [-0.1, -0.05) is 12.2 Å². The smallest absolute Gasteiger partial charge is 0.316 e. The lowest BCUT2D eigenvalue weighted by molar-refractivity contribution is 0.259. The third kappa shape index (κ3) is 2.41. The number of nitrogens with one attached hydrogen (secondary N) is 1. The number of carbonyl (C=O) groups is 1. The summed E-state index contributed by atoms with van der Waals surface area (Å²) in [5, 5.41) is 6.91. The Hall–Kier alpha value is -1.68. The van der Waals surface area contributed by atoms with E-state index in [0.29, 0.717) is 0 Å². The zero-order valence-corrected chi connectivity index (χ0v) is 8.95. The fraction of sp³-hybridized carbons (Fsp3) is 0. The van der Waals surface area contributed by atoms with Crippen LogP contribution in [0, 0.1) is 0 Å². The van der Waals surface area contributed by atoms with Gasteiger partial charge in [0.25, 0.3) is 0 Å². The van der Waals surface area contributed by atoms with Crippen molar-refractivity contribution in [1.82, 2.24) is 0 Å². The largest absolute Gasteiger partial charge is 0.351 e. The van der Waals surface area contributed by atoms with Crippen LogP contribution in [-0.4, -0.2) is 6.03 Å². The maximum absolute atomic E-state index is 10.6. The van der Waals surface area contributed by atoms with Crippen LogP contribution in [0.3, 0.4) is 0 Å². The Bertz CT molecular complexity index is 411. The van der Waals surface area contributed by atoms with Gasteiger partial charge < -0.3 is 11.1 Å². The molecule has 0 spiro atoms. The second kappa shape index (κ2) is 4.23. The molecule has 2 rings (SSSR count). The molecule has 3 N–H and O–H groups in total. The van der Waals surface area contributed by atoms with Crippen molar-refractivity contribution in [3.8, 4) is 0 Å². The van der Waals surface area contributed by atoms with E-state index in [1.807, 2.05) is 24.3 Å². The molecule has 0 aliphatic carbocycles. The maximum atomic E-state index is 10.6. The number of primary amides is 1. The summed E-state index contributed by atoms with van der Waals surface area (Å²) in [4.78, 5) is 11.9. The Labute approximate surface area is 91.0 Å². The Morgan fingerprint density at radius 1 is 1.13 bits per heavy atom. The Morgan fingerprint density at radius 3 is 2.27 bits per heavy atom. The van der Waals surface area contributed by atoms with Crippen LogP contribution in [0.5, 0.6) is 0 Å². The molecule has 0 unspecified atom stereocenters. The molecule has 3 nitrogen and oxygen atoms in total. The number of amides is 2. The summed E-state index contributed by atoms with van der Waals surface area (Å²) in [5.74, 6) is 0.